The minimum absolute atomic E-state index is 0. The fourth-order valence-electron chi connectivity index (χ4n) is 2.25. The number of hydrogen-bond donors (Lipinski definition) is 2. The molecule has 22 heavy (non-hydrogen) atoms. The van der Waals surface area contributed by atoms with Crippen LogP contribution in [0.3, 0.4) is 0 Å². The molecule has 1 fully saturated rings. The summed E-state index contributed by atoms with van der Waals surface area (Å²) in [4.78, 5) is 12.0. The van der Waals surface area contributed by atoms with Crippen LogP contribution < -0.4 is 15.4 Å². The van der Waals surface area contributed by atoms with Gasteiger partial charge in [-0.1, -0.05) is 6.07 Å². The van der Waals surface area contributed by atoms with Crippen molar-refractivity contribution in [1.82, 2.24) is 5.32 Å². The standard InChI is InChI=1S/C14H21N3O3S.ClH/c1-11(15)6-7-16-14(18)12-4-2-5-13(10-12)17-8-3-9-21(17,19)20;/h2,4-5,10-11H,3,6-9,15H2,1H3,(H,16,18);1H. The van der Waals surface area contributed by atoms with Crippen LogP contribution in [0.5, 0.6) is 0 Å². The van der Waals surface area contributed by atoms with Gasteiger partial charge in [0.1, 0.15) is 0 Å². The molecular formula is C14H22ClN3O3S. The van der Waals surface area contributed by atoms with Crippen molar-refractivity contribution in [3.05, 3.63) is 29.8 Å². The second-order valence-electron chi connectivity index (χ2n) is 5.31. The third-order valence-corrected chi connectivity index (χ3v) is 5.25. The lowest BCUT2D eigenvalue weighted by molar-refractivity contribution is 0.0953. The Morgan fingerprint density at radius 3 is 2.77 bits per heavy atom. The predicted molar refractivity (Wildman–Crippen MR) is 90.0 cm³/mol. The van der Waals surface area contributed by atoms with Crippen LogP contribution >= 0.6 is 12.4 Å². The third-order valence-electron chi connectivity index (χ3n) is 3.38. The maximum Gasteiger partial charge on any atom is 0.251 e. The number of nitrogens with one attached hydrogen (secondary N) is 1. The molecule has 1 unspecified atom stereocenters. The van der Waals surface area contributed by atoms with Crippen molar-refractivity contribution in [3.8, 4) is 0 Å². The van der Waals surface area contributed by atoms with E-state index in [0.29, 0.717) is 37.2 Å². The Labute approximate surface area is 137 Å². The summed E-state index contributed by atoms with van der Waals surface area (Å²) in [5.74, 6) is -0.0493. The van der Waals surface area contributed by atoms with Gasteiger partial charge in [-0.05, 0) is 38.0 Å². The molecule has 1 aromatic carbocycles. The van der Waals surface area contributed by atoms with Gasteiger partial charge >= 0.3 is 0 Å². The number of anilines is 1. The van der Waals surface area contributed by atoms with Crippen molar-refractivity contribution >= 4 is 34.0 Å². The Kier molecular flexibility index (Phi) is 6.65. The van der Waals surface area contributed by atoms with Gasteiger partial charge in [0.05, 0.1) is 11.4 Å². The highest BCUT2D eigenvalue weighted by Crippen LogP contribution is 2.24. The lowest BCUT2D eigenvalue weighted by atomic mass is 10.1. The first-order valence-corrected chi connectivity index (χ1v) is 8.65. The lowest BCUT2D eigenvalue weighted by Crippen LogP contribution is -2.29. The number of hydrogen-bond acceptors (Lipinski definition) is 4. The summed E-state index contributed by atoms with van der Waals surface area (Å²) < 4.78 is 25.2. The van der Waals surface area contributed by atoms with E-state index in [9.17, 15) is 13.2 Å². The normalized spacial score (nSPS) is 17.6. The minimum atomic E-state index is -3.23. The molecule has 0 aliphatic carbocycles. The molecule has 2 rings (SSSR count). The quantitative estimate of drug-likeness (QED) is 0.834. The topological polar surface area (TPSA) is 92.5 Å². The Balaban J connectivity index is 0.00000242. The largest absolute Gasteiger partial charge is 0.352 e. The van der Waals surface area contributed by atoms with E-state index in [1.807, 2.05) is 6.92 Å². The molecule has 3 N–H and O–H groups in total. The lowest BCUT2D eigenvalue weighted by Gasteiger charge is -2.17. The second-order valence-corrected chi connectivity index (χ2v) is 7.33. The molecule has 0 bridgehead atoms. The van der Waals surface area contributed by atoms with Crippen LogP contribution in [0.15, 0.2) is 24.3 Å². The molecule has 0 spiro atoms. The van der Waals surface area contributed by atoms with Gasteiger partial charge in [-0.3, -0.25) is 9.10 Å². The fourth-order valence-corrected chi connectivity index (χ4v) is 3.80. The zero-order valence-corrected chi connectivity index (χ0v) is 14.1. The first-order valence-electron chi connectivity index (χ1n) is 7.04. The van der Waals surface area contributed by atoms with Gasteiger partial charge in [0.25, 0.3) is 5.91 Å². The SMILES string of the molecule is CC(N)CCNC(=O)c1cccc(N2CCCS2(=O)=O)c1.Cl. The van der Waals surface area contributed by atoms with Crippen LogP contribution in [-0.2, 0) is 10.0 Å². The summed E-state index contributed by atoms with van der Waals surface area (Å²) in [5.41, 5.74) is 6.64. The average molecular weight is 348 g/mol. The van der Waals surface area contributed by atoms with Crippen LogP contribution in [0.25, 0.3) is 0 Å². The summed E-state index contributed by atoms with van der Waals surface area (Å²) in [6, 6.07) is 6.73. The molecule has 1 aliphatic heterocycles. The first-order chi connectivity index (χ1) is 9.90. The molecule has 1 atom stereocenters. The summed E-state index contributed by atoms with van der Waals surface area (Å²) in [7, 11) is -3.23. The summed E-state index contributed by atoms with van der Waals surface area (Å²) in [6.45, 7) is 2.85. The van der Waals surface area contributed by atoms with Crippen molar-refractivity contribution < 1.29 is 13.2 Å². The fraction of sp³-hybridized carbons (Fsp3) is 0.500. The second kappa shape index (κ2) is 7.80. The van der Waals surface area contributed by atoms with Crippen molar-refractivity contribution in [3.63, 3.8) is 0 Å². The van der Waals surface area contributed by atoms with E-state index in [0.717, 1.165) is 0 Å². The number of nitrogens with zero attached hydrogens (tertiary/aromatic N) is 1. The van der Waals surface area contributed by atoms with Gasteiger partial charge in [0.15, 0.2) is 0 Å². The van der Waals surface area contributed by atoms with Crippen molar-refractivity contribution in [1.29, 1.82) is 0 Å². The summed E-state index contributed by atoms with van der Waals surface area (Å²) >= 11 is 0. The van der Waals surface area contributed by atoms with Crippen LogP contribution in [0.2, 0.25) is 0 Å². The maximum absolute atomic E-state index is 12.0. The summed E-state index contributed by atoms with van der Waals surface area (Å²) in [6.07, 6.45) is 1.32. The molecule has 1 heterocycles. The third kappa shape index (κ3) is 4.59. The van der Waals surface area contributed by atoms with E-state index in [2.05, 4.69) is 5.32 Å². The highest BCUT2D eigenvalue weighted by atomic mass is 35.5. The van der Waals surface area contributed by atoms with Gasteiger partial charge in [-0.15, -0.1) is 12.4 Å². The molecule has 1 aliphatic rings. The number of carbonyl (C=O) groups excluding carboxylic acids is 1. The molecule has 6 nitrogen and oxygen atoms in total. The van der Waals surface area contributed by atoms with Crippen LogP contribution in [-0.4, -0.2) is 39.2 Å². The van der Waals surface area contributed by atoms with E-state index in [1.54, 1.807) is 24.3 Å². The van der Waals surface area contributed by atoms with Crippen molar-refractivity contribution in [2.24, 2.45) is 5.73 Å². The number of halogens is 1. The molecule has 1 aromatic rings. The average Bonchev–Trinajstić information content (AvgIpc) is 2.78. The number of carbonyl (C=O) groups is 1. The Morgan fingerprint density at radius 2 is 2.18 bits per heavy atom. The zero-order chi connectivity index (χ0) is 15.5. The molecule has 1 amide bonds. The van der Waals surface area contributed by atoms with Gasteiger partial charge < -0.3 is 11.1 Å². The Hall–Kier alpha value is -1.31. The molecule has 0 saturated carbocycles. The number of rotatable bonds is 5. The van der Waals surface area contributed by atoms with Gasteiger partial charge in [-0.2, -0.15) is 0 Å². The molecule has 1 saturated heterocycles. The number of sulfonamides is 1. The maximum atomic E-state index is 12.0. The zero-order valence-electron chi connectivity index (χ0n) is 12.5. The van der Waals surface area contributed by atoms with E-state index < -0.39 is 10.0 Å². The Morgan fingerprint density at radius 1 is 1.45 bits per heavy atom. The van der Waals surface area contributed by atoms with Gasteiger partial charge in [0, 0.05) is 24.7 Å². The van der Waals surface area contributed by atoms with Gasteiger partial charge in [-0.25, -0.2) is 8.42 Å². The monoisotopic (exact) mass is 347 g/mol. The van der Waals surface area contributed by atoms with E-state index in [4.69, 9.17) is 5.73 Å². The van der Waals surface area contributed by atoms with Gasteiger partial charge in [0.2, 0.25) is 10.0 Å². The van der Waals surface area contributed by atoms with Crippen LogP contribution in [0, 0.1) is 0 Å². The number of nitrogens with two attached hydrogens (primary N) is 1. The number of amides is 1. The molecule has 0 radical (unpaired) electrons. The minimum Gasteiger partial charge on any atom is -0.352 e. The highest BCUT2D eigenvalue weighted by Gasteiger charge is 2.28. The van der Waals surface area contributed by atoms with Crippen molar-refractivity contribution in [2.45, 2.75) is 25.8 Å². The smallest absolute Gasteiger partial charge is 0.251 e. The van der Waals surface area contributed by atoms with Crippen LogP contribution in [0.4, 0.5) is 5.69 Å². The molecule has 124 valence electrons. The molecular weight excluding hydrogens is 326 g/mol. The first kappa shape index (κ1) is 18.7. The van der Waals surface area contributed by atoms with Crippen LogP contribution in [0.1, 0.15) is 30.1 Å². The molecule has 8 heteroatoms. The predicted octanol–water partition coefficient (Wildman–Crippen LogP) is 1.12. The molecule has 0 aromatic heterocycles. The Bertz CT molecular complexity index is 620. The summed E-state index contributed by atoms with van der Waals surface area (Å²) in [5, 5.41) is 2.78. The van der Waals surface area contributed by atoms with E-state index >= 15 is 0 Å². The van der Waals surface area contributed by atoms with E-state index in [-0.39, 0.29) is 30.1 Å². The highest BCUT2D eigenvalue weighted by molar-refractivity contribution is 7.93. The van der Waals surface area contributed by atoms with Crippen molar-refractivity contribution in [2.75, 3.05) is 23.1 Å². The van der Waals surface area contributed by atoms with E-state index in [1.165, 1.54) is 4.31 Å². The number of benzene rings is 1.